The maximum Gasteiger partial charge on any atom is 0.344 e. The highest BCUT2D eigenvalue weighted by molar-refractivity contribution is 6.62. The van der Waals surface area contributed by atoms with E-state index < -0.39 is 63.5 Å². The first-order valence-electron chi connectivity index (χ1n) is 21.4. The Hall–Kier alpha value is -4.50. The first-order valence-corrected chi connectivity index (χ1v) is 21.4. The van der Waals surface area contributed by atoms with Crippen LogP contribution in [-0.2, 0) is 44.2 Å². The number of methoxy groups -OCH3 is 3. The van der Waals surface area contributed by atoms with Crippen LogP contribution in [-0.4, -0.2) is 135 Å². The van der Waals surface area contributed by atoms with Gasteiger partial charge in [0, 0.05) is 61.6 Å². The van der Waals surface area contributed by atoms with Gasteiger partial charge in [-0.05, 0) is 62.6 Å². The van der Waals surface area contributed by atoms with Gasteiger partial charge in [-0.2, -0.15) is 0 Å². The molecule has 3 fully saturated rings. The molecular formula is C46H58BN3O10. The van der Waals surface area contributed by atoms with E-state index in [1.807, 2.05) is 62.4 Å². The van der Waals surface area contributed by atoms with Gasteiger partial charge in [0.15, 0.2) is 13.4 Å². The number of carbonyl (C=O) groups excluding carboxylic acids is 4. The van der Waals surface area contributed by atoms with Crippen molar-refractivity contribution < 1.29 is 48.3 Å². The number of hydrogen-bond acceptors (Lipinski definition) is 12. The number of piperidine rings is 1. The third-order valence-corrected chi connectivity index (χ3v) is 15.2. The first-order chi connectivity index (χ1) is 28.8. The molecule has 13 nitrogen and oxygen atoms in total. The van der Waals surface area contributed by atoms with Gasteiger partial charge in [-0.3, -0.25) is 24.2 Å². The Morgan fingerprint density at radius 2 is 1.70 bits per heavy atom. The summed E-state index contributed by atoms with van der Waals surface area (Å²) in [6.45, 7) is 8.25. The van der Waals surface area contributed by atoms with Crippen LogP contribution in [0, 0.1) is 11.3 Å². The zero-order valence-corrected chi connectivity index (χ0v) is 35.6. The predicted molar refractivity (Wildman–Crippen MR) is 225 cm³/mol. The molecule has 14 heteroatoms. The smallest absolute Gasteiger partial charge is 0.344 e. The lowest BCUT2D eigenvalue weighted by Gasteiger charge is -2.63. The van der Waals surface area contributed by atoms with Gasteiger partial charge in [0.1, 0.15) is 11.2 Å². The Balaban J connectivity index is 1.44. The Morgan fingerprint density at radius 3 is 2.35 bits per heavy atom. The lowest BCUT2D eigenvalue weighted by molar-refractivity contribution is -0.228. The number of benzene rings is 2. The van der Waals surface area contributed by atoms with Gasteiger partial charge in [0.2, 0.25) is 12.0 Å². The van der Waals surface area contributed by atoms with Crippen molar-refractivity contribution in [3.63, 3.8) is 0 Å². The first kappa shape index (κ1) is 42.2. The number of rotatable bonds is 10. The van der Waals surface area contributed by atoms with E-state index in [1.54, 1.807) is 6.07 Å². The second-order valence-corrected chi connectivity index (χ2v) is 18.0. The highest BCUT2D eigenvalue weighted by Gasteiger charge is 2.81. The number of fused-ring (bicyclic) bond motifs is 3. The number of amides is 1. The maximum absolute atomic E-state index is 15.3. The summed E-state index contributed by atoms with van der Waals surface area (Å²) in [5.41, 5.74) is -3.62. The molecule has 60 heavy (non-hydrogen) atoms. The topological polar surface area (TPSA) is 155 Å². The SMILES string of the molecule is CC[C@]1(O)C[C@H]2C[N@](CC/C=C(\Bc3ccccc3)[C@@](C(=O)OC)(c3cc4c(cc3OC)N(C=O)[C@H]3[C@@](O)(C(=O)OC)[C@H](OC(C)=O)[C@]5(CC)C=CCN6CC[C@]43[C@@H]65)C2)C1. The predicted octanol–water partition coefficient (Wildman–Crippen LogP) is 2.48. The van der Waals surface area contributed by atoms with Crippen molar-refractivity contribution in [2.75, 3.05) is 59.0 Å². The summed E-state index contributed by atoms with van der Waals surface area (Å²) >= 11 is 0. The number of ether oxygens (including phenoxy) is 4. The summed E-state index contributed by atoms with van der Waals surface area (Å²) in [5.74, 6) is -1.97. The fourth-order valence-corrected chi connectivity index (χ4v) is 13.0. The highest BCUT2D eigenvalue weighted by Crippen LogP contribution is 2.68. The second-order valence-electron chi connectivity index (χ2n) is 18.0. The molecular weight excluding hydrogens is 765 g/mol. The van der Waals surface area contributed by atoms with Crippen LogP contribution >= 0.6 is 0 Å². The zero-order valence-electron chi connectivity index (χ0n) is 35.6. The van der Waals surface area contributed by atoms with E-state index in [0.717, 1.165) is 10.9 Å². The van der Waals surface area contributed by atoms with Crippen LogP contribution in [0.25, 0.3) is 0 Å². The summed E-state index contributed by atoms with van der Waals surface area (Å²) in [4.78, 5) is 62.3. The van der Waals surface area contributed by atoms with Crippen LogP contribution in [0.1, 0.15) is 70.4 Å². The largest absolute Gasteiger partial charge is 0.496 e. The summed E-state index contributed by atoms with van der Waals surface area (Å²) < 4.78 is 23.7. The van der Waals surface area contributed by atoms with Gasteiger partial charge in [-0.25, -0.2) is 4.79 Å². The van der Waals surface area contributed by atoms with Gasteiger partial charge in [0.25, 0.3) is 0 Å². The normalized spacial score (nSPS) is 37.4. The van der Waals surface area contributed by atoms with E-state index >= 15 is 4.79 Å². The Morgan fingerprint density at radius 1 is 0.950 bits per heavy atom. The Labute approximate surface area is 352 Å². The Bertz CT molecular complexity index is 2120. The average molecular weight is 824 g/mol. The molecule has 2 aromatic rings. The molecule has 2 N–H and O–H groups in total. The van der Waals surface area contributed by atoms with Crippen molar-refractivity contribution in [2.24, 2.45) is 11.3 Å². The van der Waals surface area contributed by atoms with E-state index in [9.17, 15) is 24.6 Å². The number of anilines is 1. The van der Waals surface area contributed by atoms with Gasteiger partial charge in [0.05, 0.1) is 38.7 Å². The quantitative estimate of drug-likeness (QED) is 0.119. The van der Waals surface area contributed by atoms with Crippen molar-refractivity contribution in [1.82, 2.24) is 9.80 Å². The van der Waals surface area contributed by atoms with E-state index in [0.29, 0.717) is 108 Å². The third-order valence-electron chi connectivity index (χ3n) is 15.2. The van der Waals surface area contributed by atoms with E-state index in [1.165, 1.54) is 33.2 Å². The summed E-state index contributed by atoms with van der Waals surface area (Å²) in [5, 5.41) is 25.2. The van der Waals surface area contributed by atoms with Crippen LogP contribution in [0.5, 0.6) is 5.75 Å². The van der Waals surface area contributed by atoms with E-state index in [-0.39, 0.29) is 5.92 Å². The highest BCUT2D eigenvalue weighted by atomic mass is 16.6. The molecule has 0 aromatic heterocycles. The molecule has 1 aliphatic carbocycles. The molecule has 2 aromatic carbocycles. The summed E-state index contributed by atoms with van der Waals surface area (Å²) in [6, 6.07) is 12.0. The molecule has 5 aliphatic heterocycles. The molecule has 320 valence electrons. The van der Waals surface area contributed by atoms with Crippen molar-refractivity contribution in [3.05, 3.63) is 77.3 Å². The second kappa shape index (κ2) is 15.4. The standard InChI is InChI=1S/C46H58BN3O10/c1-7-42(55)24-30-25-45(40(53)58-5,36(16-12-19-48(26-30)27-42)47-31-14-10-9-11-15-31)33-22-32-34(23-35(33)57-4)50(28-51)38-44(32)18-21-49-20-13-17-43(8-2,37(44)49)39(60-29(3)52)46(38,56)41(54)59-6/h9-11,13-17,22-23,28,30,37-39,47,55-56H,7-8,12,18-21,24-27H2,1-6H3/b36-16-/t30-,37+,38-,39-,42+,43-,44-,45+,46+/m1/s1. The molecule has 0 unspecified atom stereocenters. The molecule has 8 rings (SSSR count). The molecule has 5 heterocycles. The molecule has 1 amide bonds. The Kier molecular flexibility index (Phi) is 10.9. The van der Waals surface area contributed by atoms with Crippen molar-refractivity contribution in [2.45, 2.75) is 99.5 Å². The van der Waals surface area contributed by atoms with Gasteiger partial charge < -0.3 is 34.1 Å². The minimum absolute atomic E-state index is 0.128. The van der Waals surface area contributed by atoms with E-state index in [4.69, 9.17) is 18.9 Å². The molecule has 1 spiro atoms. The van der Waals surface area contributed by atoms with Gasteiger partial charge >= 0.3 is 17.9 Å². The fourth-order valence-electron chi connectivity index (χ4n) is 13.0. The van der Waals surface area contributed by atoms with Crippen molar-refractivity contribution >= 4 is 42.7 Å². The lowest BCUT2D eigenvalue weighted by Crippen LogP contribution is -2.81. The number of nitrogens with zero attached hydrogens (tertiary/aromatic N) is 3. The molecule has 2 saturated heterocycles. The molecule has 6 aliphatic rings. The van der Waals surface area contributed by atoms with Crippen LogP contribution in [0.15, 0.2) is 66.2 Å². The van der Waals surface area contributed by atoms with Crippen molar-refractivity contribution in [1.29, 1.82) is 0 Å². The number of esters is 3. The van der Waals surface area contributed by atoms with E-state index in [2.05, 4.69) is 15.9 Å². The van der Waals surface area contributed by atoms with Gasteiger partial charge in [-0.1, -0.05) is 73.3 Å². The van der Waals surface area contributed by atoms with Crippen LogP contribution in [0.4, 0.5) is 5.69 Å². The fraction of sp³-hybridized carbons (Fsp3) is 0.565. The van der Waals surface area contributed by atoms with Gasteiger partial charge in [-0.15, -0.1) is 0 Å². The monoisotopic (exact) mass is 823 g/mol. The van der Waals surface area contributed by atoms with Crippen molar-refractivity contribution in [3.8, 4) is 5.75 Å². The van der Waals surface area contributed by atoms with Crippen LogP contribution in [0.3, 0.4) is 0 Å². The third kappa shape index (κ3) is 5.95. The number of carbonyl (C=O) groups is 4. The number of aliphatic hydroxyl groups is 2. The molecule has 10 atom stereocenters. The summed E-state index contributed by atoms with van der Waals surface area (Å²) in [7, 11) is 4.54. The molecule has 0 radical (unpaired) electrons. The van der Waals surface area contributed by atoms with Crippen LogP contribution in [0.2, 0.25) is 0 Å². The summed E-state index contributed by atoms with van der Waals surface area (Å²) in [6.07, 6.45) is 8.12. The minimum atomic E-state index is -2.52. The molecule has 2 bridgehead atoms. The minimum Gasteiger partial charge on any atom is -0.496 e. The lowest BCUT2D eigenvalue weighted by atomic mass is 9.47. The average Bonchev–Trinajstić information content (AvgIpc) is 3.79. The zero-order chi connectivity index (χ0) is 42.8. The maximum atomic E-state index is 15.3. The number of hydrogen-bond donors (Lipinski definition) is 2. The van der Waals surface area contributed by atoms with Crippen LogP contribution < -0.4 is 15.1 Å². The molecule has 1 saturated carbocycles.